The molecule has 0 radical (unpaired) electrons. The molecule has 35 heavy (non-hydrogen) atoms. The molecule has 1 saturated heterocycles. The van der Waals surface area contributed by atoms with Gasteiger partial charge in [0.15, 0.2) is 23.1 Å². The van der Waals surface area contributed by atoms with Gasteiger partial charge in [0, 0.05) is 25.2 Å². The van der Waals surface area contributed by atoms with E-state index in [4.69, 9.17) is 9.47 Å². The molecule has 0 spiro atoms. The minimum absolute atomic E-state index is 0.0387. The van der Waals surface area contributed by atoms with E-state index in [0.717, 1.165) is 37.9 Å². The molecule has 0 amide bonds. The van der Waals surface area contributed by atoms with Crippen molar-refractivity contribution >= 4 is 5.82 Å². The fraction of sp³-hybridized carbons (Fsp3) is 0.364. The highest BCUT2D eigenvalue weighted by Crippen LogP contribution is 2.33. The first-order valence-corrected chi connectivity index (χ1v) is 10.8. The van der Waals surface area contributed by atoms with Gasteiger partial charge in [-0.25, -0.2) is 23.5 Å². The number of anilines is 1. The molecule has 1 atom stereocenters. The van der Waals surface area contributed by atoms with Gasteiger partial charge in [-0.1, -0.05) is 0 Å². The maximum Gasteiger partial charge on any atom is 0.451 e. The number of halogens is 5. The molecule has 13 heteroatoms. The molecule has 8 nitrogen and oxygen atoms in total. The van der Waals surface area contributed by atoms with Gasteiger partial charge in [-0.2, -0.15) is 18.2 Å². The summed E-state index contributed by atoms with van der Waals surface area (Å²) in [6.07, 6.45) is -0.471. The summed E-state index contributed by atoms with van der Waals surface area (Å²) in [5, 5.41) is 0. The van der Waals surface area contributed by atoms with Crippen molar-refractivity contribution in [1.82, 2.24) is 19.5 Å². The molecule has 1 unspecified atom stereocenters. The van der Waals surface area contributed by atoms with Crippen molar-refractivity contribution in [3.63, 3.8) is 0 Å². The molecule has 3 aromatic rings. The van der Waals surface area contributed by atoms with Crippen LogP contribution in [0.4, 0.5) is 27.8 Å². The van der Waals surface area contributed by atoms with Crippen LogP contribution in [-0.4, -0.2) is 32.1 Å². The first kappa shape index (κ1) is 23.0. The average molecular weight is 495 g/mol. The number of alkyl halides is 3. The summed E-state index contributed by atoms with van der Waals surface area (Å²) in [5.41, 5.74) is -0.364. The van der Waals surface area contributed by atoms with Gasteiger partial charge < -0.3 is 14.4 Å². The highest BCUT2D eigenvalue weighted by Gasteiger charge is 2.34. The van der Waals surface area contributed by atoms with E-state index in [-0.39, 0.29) is 23.8 Å². The third-order valence-corrected chi connectivity index (χ3v) is 5.87. The summed E-state index contributed by atoms with van der Waals surface area (Å²) in [7, 11) is 0. The fourth-order valence-corrected chi connectivity index (χ4v) is 4.29. The van der Waals surface area contributed by atoms with Crippen LogP contribution in [0.3, 0.4) is 0 Å². The van der Waals surface area contributed by atoms with Gasteiger partial charge in [0.1, 0.15) is 12.4 Å². The lowest BCUT2D eigenvalue weighted by molar-refractivity contribution is -0.145. The number of fused-ring (bicyclic) bond motifs is 3. The molecule has 1 fully saturated rings. The Balaban J connectivity index is 1.30. The van der Waals surface area contributed by atoms with Crippen molar-refractivity contribution in [2.45, 2.75) is 44.6 Å². The van der Waals surface area contributed by atoms with E-state index in [1.54, 1.807) is 10.6 Å². The molecule has 0 saturated carbocycles. The van der Waals surface area contributed by atoms with Gasteiger partial charge in [0.2, 0.25) is 11.7 Å². The molecular formula is C22H18F5N5O3. The lowest BCUT2D eigenvalue weighted by Gasteiger charge is -2.34. The fourth-order valence-electron chi connectivity index (χ4n) is 4.29. The van der Waals surface area contributed by atoms with E-state index in [0.29, 0.717) is 30.8 Å². The van der Waals surface area contributed by atoms with Gasteiger partial charge in [-0.05, 0) is 37.0 Å². The second-order valence-corrected chi connectivity index (χ2v) is 8.18. The van der Waals surface area contributed by atoms with Crippen molar-refractivity contribution in [2.24, 2.45) is 0 Å². The summed E-state index contributed by atoms with van der Waals surface area (Å²) >= 11 is 0. The summed E-state index contributed by atoms with van der Waals surface area (Å²) < 4.78 is 78.8. The Hall–Kier alpha value is -3.77. The molecule has 0 aliphatic carbocycles. The normalized spacial score (nSPS) is 17.2. The number of ether oxygens (including phenoxy) is 2. The third-order valence-electron chi connectivity index (χ3n) is 5.87. The van der Waals surface area contributed by atoms with E-state index in [9.17, 15) is 26.7 Å². The van der Waals surface area contributed by atoms with Crippen LogP contribution in [0, 0.1) is 11.6 Å². The van der Waals surface area contributed by atoms with E-state index in [1.807, 2.05) is 0 Å². The highest BCUT2D eigenvalue weighted by atomic mass is 19.4. The van der Waals surface area contributed by atoms with Crippen molar-refractivity contribution in [3.05, 3.63) is 64.1 Å². The molecule has 2 aliphatic rings. The Bertz CT molecular complexity index is 1290. The van der Waals surface area contributed by atoms with Crippen LogP contribution < -0.4 is 20.1 Å². The third kappa shape index (κ3) is 4.62. The number of aromatic nitrogens is 4. The summed E-state index contributed by atoms with van der Waals surface area (Å²) in [5.74, 6) is -4.08. The van der Waals surface area contributed by atoms with Crippen LogP contribution in [-0.2, 0) is 19.3 Å². The monoisotopic (exact) mass is 495 g/mol. The number of hydrogen-bond donors (Lipinski definition) is 0. The van der Waals surface area contributed by atoms with Gasteiger partial charge >= 0.3 is 11.9 Å². The molecule has 0 bridgehead atoms. The second kappa shape index (κ2) is 8.78. The van der Waals surface area contributed by atoms with Crippen LogP contribution in [0.25, 0.3) is 0 Å². The Morgan fingerprint density at radius 2 is 1.74 bits per heavy atom. The Kier molecular flexibility index (Phi) is 5.77. The molecule has 0 N–H and O–H groups in total. The van der Waals surface area contributed by atoms with Crippen molar-refractivity contribution < 1.29 is 31.4 Å². The summed E-state index contributed by atoms with van der Waals surface area (Å²) in [4.78, 5) is 24.6. The van der Waals surface area contributed by atoms with E-state index >= 15 is 0 Å². The summed E-state index contributed by atoms with van der Waals surface area (Å²) in [6, 6.07) is 3.92. The molecule has 1 aromatic carbocycles. The van der Waals surface area contributed by atoms with Crippen LogP contribution in [0.15, 0.2) is 35.4 Å². The van der Waals surface area contributed by atoms with E-state index in [2.05, 4.69) is 19.9 Å². The SMILES string of the molecule is O=c1nc(OCc2cc(F)c(Oc3cnc(C(F)(F)F)nc3)c(F)c2)cc2n1CCC1CCCN21. The van der Waals surface area contributed by atoms with Gasteiger partial charge in [-0.3, -0.25) is 4.57 Å². The lowest BCUT2D eigenvalue weighted by Crippen LogP contribution is -2.41. The number of rotatable bonds is 5. The quantitative estimate of drug-likeness (QED) is 0.494. The largest absolute Gasteiger partial charge is 0.473 e. The topological polar surface area (TPSA) is 82.4 Å². The standard InChI is InChI=1S/C22H18F5N5O3/c23-15-6-12(7-16(24)19(15)35-14-9-28-20(29-10-14)22(25,26)27)11-34-17-8-18-31-4-1-2-13(31)3-5-32(18)21(33)30-17/h6-10,13H,1-5,11H2. The summed E-state index contributed by atoms with van der Waals surface area (Å²) in [6.45, 7) is 1.12. The Morgan fingerprint density at radius 1 is 1.03 bits per heavy atom. The van der Waals surface area contributed by atoms with E-state index < -0.39 is 35.1 Å². The molecular weight excluding hydrogens is 477 g/mol. The Morgan fingerprint density at radius 3 is 2.43 bits per heavy atom. The average Bonchev–Trinajstić information content (AvgIpc) is 3.29. The minimum atomic E-state index is -4.76. The van der Waals surface area contributed by atoms with Crippen molar-refractivity contribution in [2.75, 3.05) is 11.4 Å². The predicted molar refractivity (Wildman–Crippen MR) is 111 cm³/mol. The van der Waals surface area contributed by atoms with Gasteiger partial charge in [0.05, 0.1) is 12.4 Å². The molecule has 184 valence electrons. The zero-order valence-electron chi connectivity index (χ0n) is 18.1. The number of nitrogens with zero attached hydrogens (tertiary/aromatic N) is 5. The molecule has 2 aromatic heterocycles. The minimum Gasteiger partial charge on any atom is -0.473 e. The lowest BCUT2D eigenvalue weighted by atomic mass is 10.1. The van der Waals surface area contributed by atoms with Crippen molar-refractivity contribution in [1.29, 1.82) is 0 Å². The maximum atomic E-state index is 14.5. The molecule has 4 heterocycles. The Labute approximate surface area is 195 Å². The van der Waals surface area contributed by atoms with Crippen LogP contribution >= 0.6 is 0 Å². The highest BCUT2D eigenvalue weighted by molar-refractivity contribution is 5.46. The zero-order chi connectivity index (χ0) is 24.7. The first-order valence-electron chi connectivity index (χ1n) is 10.8. The first-order chi connectivity index (χ1) is 16.7. The molecule has 2 aliphatic heterocycles. The van der Waals surface area contributed by atoms with Gasteiger partial charge in [0.25, 0.3) is 0 Å². The van der Waals surface area contributed by atoms with Crippen LogP contribution in [0.5, 0.6) is 17.4 Å². The molecule has 5 rings (SSSR count). The number of benzene rings is 1. The van der Waals surface area contributed by atoms with Gasteiger partial charge in [-0.15, -0.1) is 0 Å². The van der Waals surface area contributed by atoms with E-state index in [1.165, 1.54) is 0 Å². The predicted octanol–water partition coefficient (Wildman–Crippen LogP) is 4.07. The smallest absolute Gasteiger partial charge is 0.451 e. The number of hydrogen-bond acceptors (Lipinski definition) is 7. The van der Waals surface area contributed by atoms with Crippen molar-refractivity contribution in [3.8, 4) is 17.4 Å². The maximum absolute atomic E-state index is 14.5. The van der Waals surface area contributed by atoms with Crippen LogP contribution in [0.1, 0.15) is 30.7 Å². The zero-order valence-corrected chi connectivity index (χ0v) is 18.1. The second-order valence-electron chi connectivity index (χ2n) is 8.18. The van der Waals surface area contributed by atoms with Crippen LogP contribution in [0.2, 0.25) is 0 Å².